The lowest BCUT2D eigenvalue weighted by Gasteiger charge is -2.31. The zero-order chi connectivity index (χ0) is 13.1. The fourth-order valence-electron chi connectivity index (χ4n) is 2.08. The maximum Gasteiger partial charge on any atom is 0.228 e. The monoisotopic (exact) mass is 261 g/mol. The summed E-state index contributed by atoms with van der Waals surface area (Å²) in [6.07, 6.45) is 3.26. The highest BCUT2D eigenvalue weighted by Gasteiger charge is 2.25. The first-order valence-corrected chi connectivity index (χ1v) is 6.14. The summed E-state index contributed by atoms with van der Waals surface area (Å²) in [5, 5.41) is 0. The van der Waals surface area contributed by atoms with Gasteiger partial charge in [-0.1, -0.05) is 0 Å². The van der Waals surface area contributed by atoms with E-state index < -0.39 is 0 Å². The van der Waals surface area contributed by atoms with Gasteiger partial charge in [0, 0.05) is 18.8 Å². The highest BCUT2D eigenvalue weighted by atomic mass is 16.5. The van der Waals surface area contributed by atoms with Gasteiger partial charge in [0.25, 0.3) is 0 Å². The SMILES string of the molecule is COc1ccnc(N2CCOC(c3ccco3)C2)n1. The molecule has 2 aromatic heterocycles. The number of morpholine rings is 1. The Hall–Kier alpha value is -2.08. The number of rotatable bonds is 3. The van der Waals surface area contributed by atoms with E-state index in [-0.39, 0.29) is 6.10 Å². The standard InChI is InChI=1S/C13H15N3O3/c1-17-12-4-5-14-13(15-12)16-6-8-19-11(9-16)10-3-2-7-18-10/h2-5,7,11H,6,8-9H2,1H3. The van der Waals surface area contributed by atoms with Crippen LogP contribution in [0, 0.1) is 0 Å². The number of methoxy groups -OCH3 is 1. The van der Waals surface area contributed by atoms with Crippen LogP contribution in [0.15, 0.2) is 35.1 Å². The average molecular weight is 261 g/mol. The topological polar surface area (TPSA) is 60.6 Å². The Morgan fingerprint density at radius 2 is 2.37 bits per heavy atom. The molecular formula is C13H15N3O3. The first-order chi connectivity index (χ1) is 9.36. The van der Waals surface area contributed by atoms with Gasteiger partial charge in [-0.05, 0) is 12.1 Å². The highest BCUT2D eigenvalue weighted by Crippen LogP contribution is 2.25. The summed E-state index contributed by atoms with van der Waals surface area (Å²) >= 11 is 0. The number of ether oxygens (including phenoxy) is 2. The van der Waals surface area contributed by atoms with Crippen LogP contribution in [0.1, 0.15) is 11.9 Å². The minimum absolute atomic E-state index is 0.0847. The zero-order valence-electron chi connectivity index (χ0n) is 10.7. The first-order valence-electron chi connectivity index (χ1n) is 6.14. The van der Waals surface area contributed by atoms with E-state index in [9.17, 15) is 0 Å². The quantitative estimate of drug-likeness (QED) is 0.837. The Morgan fingerprint density at radius 1 is 1.42 bits per heavy atom. The van der Waals surface area contributed by atoms with Crippen molar-refractivity contribution in [2.24, 2.45) is 0 Å². The van der Waals surface area contributed by atoms with Crippen LogP contribution < -0.4 is 9.64 Å². The maximum atomic E-state index is 5.71. The van der Waals surface area contributed by atoms with E-state index in [1.807, 2.05) is 12.1 Å². The lowest BCUT2D eigenvalue weighted by atomic mass is 10.2. The normalized spacial score (nSPS) is 19.4. The molecule has 0 bridgehead atoms. The lowest BCUT2D eigenvalue weighted by Crippen LogP contribution is -2.39. The summed E-state index contributed by atoms with van der Waals surface area (Å²) in [4.78, 5) is 10.7. The van der Waals surface area contributed by atoms with Crippen molar-refractivity contribution < 1.29 is 13.9 Å². The van der Waals surface area contributed by atoms with Gasteiger partial charge in [0.2, 0.25) is 11.8 Å². The number of hydrogen-bond donors (Lipinski definition) is 0. The molecule has 100 valence electrons. The van der Waals surface area contributed by atoms with Crippen LogP contribution in [0.2, 0.25) is 0 Å². The van der Waals surface area contributed by atoms with Gasteiger partial charge in [-0.2, -0.15) is 4.98 Å². The third-order valence-corrected chi connectivity index (χ3v) is 3.04. The van der Waals surface area contributed by atoms with Crippen LogP contribution in [0.25, 0.3) is 0 Å². The average Bonchev–Trinajstić information content (AvgIpc) is 3.02. The Bertz CT molecular complexity index is 530. The van der Waals surface area contributed by atoms with Crippen LogP contribution in [-0.2, 0) is 4.74 Å². The number of aromatic nitrogens is 2. The number of furan rings is 1. The summed E-state index contributed by atoms with van der Waals surface area (Å²) in [6.45, 7) is 2.04. The van der Waals surface area contributed by atoms with Gasteiger partial charge in [-0.15, -0.1) is 0 Å². The molecule has 3 rings (SSSR count). The molecule has 0 radical (unpaired) electrons. The van der Waals surface area contributed by atoms with Crippen LogP contribution in [0.3, 0.4) is 0 Å². The number of anilines is 1. The Morgan fingerprint density at radius 3 is 3.16 bits per heavy atom. The molecule has 0 aromatic carbocycles. The molecule has 3 heterocycles. The lowest BCUT2D eigenvalue weighted by molar-refractivity contribution is 0.0252. The summed E-state index contributed by atoms with van der Waals surface area (Å²) < 4.78 is 16.2. The predicted molar refractivity (Wildman–Crippen MR) is 68.2 cm³/mol. The summed E-state index contributed by atoms with van der Waals surface area (Å²) in [7, 11) is 1.59. The highest BCUT2D eigenvalue weighted by molar-refractivity contribution is 5.33. The molecule has 2 aromatic rings. The van der Waals surface area contributed by atoms with Crippen molar-refractivity contribution in [2.75, 3.05) is 31.7 Å². The molecule has 0 N–H and O–H groups in total. The molecule has 1 atom stereocenters. The molecule has 0 spiro atoms. The van der Waals surface area contributed by atoms with E-state index in [0.717, 1.165) is 12.3 Å². The van der Waals surface area contributed by atoms with E-state index in [4.69, 9.17) is 13.9 Å². The van der Waals surface area contributed by atoms with Crippen molar-refractivity contribution in [1.29, 1.82) is 0 Å². The van der Waals surface area contributed by atoms with E-state index in [2.05, 4.69) is 14.9 Å². The van der Waals surface area contributed by atoms with Crippen molar-refractivity contribution in [3.8, 4) is 5.88 Å². The van der Waals surface area contributed by atoms with Crippen LogP contribution in [-0.4, -0.2) is 36.8 Å². The molecule has 1 unspecified atom stereocenters. The van der Waals surface area contributed by atoms with E-state index in [1.54, 1.807) is 25.6 Å². The van der Waals surface area contributed by atoms with Gasteiger partial charge >= 0.3 is 0 Å². The Balaban J connectivity index is 1.77. The minimum Gasteiger partial charge on any atom is -0.481 e. The third kappa shape index (κ3) is 2.53. The molecular weight excluding hydrogens is 246 g/mol. The number of nitrogens with zero attached hydrogens (tertiary/aromatic N) is 3. The summed E-state index contributed by atoms with van der Waals surface area (Å²) in [5.41, 5.74) is 0. The number of hydrogen-bond acceptors (Lipinski definition) is 6. The van der Waals surface area contributed by atoms with Crippen molar-refractivity contribution >= 4 is 5.95 Å². The molecule has 1 aliphatic heterocycles. The van der Waals surface area contributed by atoms with Crippen molar-refractivity contribution in [3.63, 3.8) is 0 Å². The molecule has 0 aliphatic carbocycles. The van der Waals surface area contributed by atoms with Gasteiger partial charge in [0.1, 0.15) is 11.9 Å². The maximum absolute atomic E-state index is 5.71. The Kier molecular flexibility index (Phi) is 3.33. The van der Waals surface area contributed by atoms with Crippen LogP contribution in [0.4, 0.5) is 5.95 Å². The van der Waals surface area contributed by atoms with Crippen LogP contribution >= 0.6 is 0 Å². The smallest absolute Gasteiger partial charge is 0.228 e. The second kappa shape index (κ2) is 5.27. The predicted octanol–water partition coefficient (Wildman–Crippen LogP) is 1.66. The second-order valence-electron chi connectivity index (χ2n) is 4.22. The first kappa shape index (κ1) is 12.0. The molecule has 1 aliphatic rings. The fraction of sp³-hybridized carbons (Fsp3) is 0.385. The van der Waals surface area contributed by atoms with Crippen molar-refractivity contribution in [2.45, 2.75) is 6.10 Å². The molecule has 6 nitrogen and oxygen atoms in total. The third-order valence-electron chi connectivity index (χ3n) is 3.04. The minimum atomic E-state index is -0.0847. The molecule has 0 saturated carbocycles. The molecule has 6 heteroatoms. The van der Waals surface area contributed by atoms with Gasteiger partial charge in [0.05, 0.1) is 26.5 Å². The van der Waals surface area contributed by atoms with Gasteiger partial charge < -0.3 is 18.8 Å². The van der Waals surface area contributed by atoms with Gasteiger partial charge in [0.15, 0.2) is 0 Å². The van der Waals surface area contributed by atoms with Crippen molar-refractivity contribution in [1.82, 2.24) is 9.97 Å². The van der Waals surface area contributed by atoms with Crippen molar-refractivity contribution in [3.05, 3.63) is 36.4 Å². The Labute approximate surface area is 111 Å². The van der Waals surface area contributed by atoms with E-state index in [1.165, 1.54) is 0 Å². The second-order valence-corrected chi connectivity index (χ2v) is 4.22. The summed E-state index contributed by atoms with van der Waals surface area (Å²) in [6, 6.07) is 5.51. The van der Waals surface area contributed by atoms with Gasteiger partial charge in [-0.25, -0.2) is 4.98 Å². The molecule has 1 saturated heterocycles. The summed E-state index contributed by atoms with van der Waals surface area (Å²) in [5.74, 6) is 2.04. The van der Waals surface area contributed by atoms with Gasteiger partial charge in [-0.3, -0.25) is 0 Å². The largest absolute Gasteiger partial charge is 0.481 e. The van der Waals surface area contributed by atoms with Crippen LogP contribution in [0.5, 0.6) is 5.88 Å². The zero-order valence-corrected chi connectivity index (χ0v) is 10.7. The fourth-order valence-corrected chi connectivity index (χ4v) is 2.08. The van der Waals surface area contributed by atoms with E-state index >= 15 is 0 Å². The van der Waals surface area contributed by atoms with E-state index in [0.29, 0.717) is 25.0 Å². The molecule has 0 amide bonds. The molecule has 19 heavy (non-hydrogen) atoms. The molecule has 1 fully saturated rings.